The van der Waals surface area contributed by atoms with Crippen LogP contribution in [0.1, 0.15) is 93.4 Å². The Hall–Kier alpha value is -1.52. The van der Waals surface area contributed by atoms with E-state index in [1.54, 1.807) is 0 Å². The lowest BCUT2D eigenvalue weighted by atomic mass is 9.34. The minimum atomic E-state index is -0.895. The highest BCUT2D eigenvalue weighted by Crippen LogP contribution is 2.72. The van der Waals surface area contributed by atoms with Gasteiger partial charge in [0, 0.05) is 24.7 Å². The first-order valence-electron chi connectivity index (χ1n) is 12.9. The van der Waals surface area contributed by atoms with Gasteiger partial charge in [-0.25, -0.2) is 0 Å². The lowest BCUT2D eigenvalue weighted by molar-refractivity contribution is -0.222. The van der Waals surface area contributed by atoms with E-state index < -0.39 is 29.3 Å². The molecule has 4 saturated carbocycles. The Kier molecular flexibility index (Phi) is 5.77. The van der Waals surface area contributed by atoms with Gasteiger partial charge in [0.2, 0.25) is 0 Å². The van der Waals surface area contributed by atoms with E-state index in [-0.39, 0.29) is 39.6 Å². The second-order valence-electron chi connectivity index (χ2n) is 13.1. The van der Waals surface area contributed by atoms with E-state index in [4.69, 9.17) is 4.74 Å². The zero-order valence-electron chi connectivity index (χ0n) is 21.5. The molecule has 5 heteroatoms. The van der Waals surface area contributed by atoms with Crippen molar-refractivity contribution in [2.45, 2.75) is 99.5 Å². The second kappa shape index (κ2) is 7.75. The number of hydrogen-bond donors (Lipinski definition) is 0. The maximum Gasteiger partial charge on any atom is 0.302 e. The van der Waals surface area contributed by atoms with Gasteiger partial charge < -0.3 is 9.53 Å². The standard InChI is InChI=1S/C28H42O5/c1-16(30)24-18(15-29)28(7)22(13-19(24)33-17(2)31)27(6)12-9-20-25(3,4)10-8-11-26(20,5)21(27)14-23(28)32/h15,18-22,24H,8-14H2,1-7H3/t18-,19-,20-,21+,22-,24-,26-,27+,28+/m0/s1. The molecular formula is C28H42O5. The van der Waals surface area contributed by atoms with Crippen LogP contribution < -0.4 is 0 Å². The van der Waals surface area contributed by atoms with Crippen LogP contribution in [0.5, 0.6) is 0 Å². The van der Waals surface area contributed by atoms with E-state index in [9.17, 15) is 19.2 Å². The number of esters is 1. The molecule has 0 saturated heterocycles. The van der Waals surface area contributed by atoms with Crippen molar-refractivity contribution < 1.29 is 23.9 Å². The first-order valence-corrected chi connectivity index (χ1v) is 12.9. The summed E-state index contributed by atoms with van der Waals surface area (Å²) in [5.74, 6) is -1.26. The van der Waals surface area contributed by atoms with Gasteiger partial charge >= 0.3 is 5.97 Å². The van der Waals surface area contributed by atoms with Crippen molar-refractivity contribution in [2.75, 3.05) is 0 Å². The van der Waals surface area contributed by atoms with Crippen molar-refractivity contribution in [3.63, 3.8) is 0 Å². The Morgan fingerprint density at radius 2 is 1.58 bits per heavy atom. The number of aldehydes is 1. The van der Waals surface area contributed by atoms with Crippen molar-refractivity contribution in [1.29, 1.82) is 0 Å². The van der Waals surface area contributed by atoms with Crippen LogP contribution in [0.3, 0.4) is 0 Å². The average Bonchev–Trinajstić information content (AvgIpc) is 2.69. The van der Waals surface area contributed by atoms with E-state index in [1.165, 1.54) is 26.7 Å². The monoisotopic (exact) mass is 458 g/mol. The lowest BCUT2D eigenvalue weighted by Gasteiger charge is -2.69. The summed E-state index contributed by atoms with van der Waals surface area (Å²) in [5.41, 5.74) is -0.692. The third kappa shape index (κ3) is 3.31. The molecule has 4 aliphatic rings. The van der Waals surface area contributed by atoms with Crippen LogP contribution in [0.4, 0.5) is 0 Å². The summed E-state index contributed by atoms with van der Waals surface area (Å²) in [6.07, 6.45) is 6.81. The lowest BCUT2D eigenvalue weighted by Crippen LogP contribution is -2.68. The summed E-state index contributed by atoms with van der Waals surface area (Å²) in [4.78, 5) is 51.2. The summed E-state index contributed by atoms with van der Waals surface area (Å²) >= 11 is 0. The number of carbonyl (C=O) groups excluding carboxylic acids is 4. The predicted molar refractivity (Wildman–Crippen MR) is 125 cm³/mol. The molecular weight excluding hydrogens is 416 g/mol. The molecule has 4 aliphatic carbocycles. The van der Waals surface area contributed by atoms with Gasteiger partial charge in [0.25, 0.3) is 0 Å². The highest BCUT2D eigenvalue weighted by atomic mass is 16.5. The normalized spacial score (nSPS) is 48.6. The maximum absolute atomic E-state index is 14.0. The molecule has 0 aliphatic heterocycles. The van der Waals surface area contributed by atoms with Gasteiger partial charge in [-0.3, -0.25) is 14.4 Å². The maximum atomic E-state index is 14.0. The zero-order chi connectivity index (χ0) is 24.6. The number of ether oxygens (including phenoxy) is 1. The molecule has 0 amide bonds. The quantitative estimate of drug-likeness (QED) is 0.430. The van der Waals surface area contributed by atoms with Gasteiger partial charge in [-0.1, -0.05) is 41.0 Å². The molecule has 0 aromatic rings. The number of carbonyl (C=O) groups is 4. The molecule has 0 radical (unpaired) electrons. The average molecular weight is 459 g/mol. The van der Waals surface area contributed by atoms with Crippen LogP contribution in [0.2, 0.25) is 0 Å². The third-order valence-corrected chi connectivity index (χ3v) is 11.2. The molecule has 0 heterocycles. The summed E-state index contributed by atoms with van der Waals surface area (Å²) < 4.78 is 5.69. The molecule has 4 rings (SSSR count). The molecule has 0 unspecified atom stereocenters. The van der Waals surface area contributed by atoms with Gasteiger partial charge in [0.05, 0.1) is 5.92 Å². The molecule has 5 nitrogen and oxygen atoms in total. The smallest absolute Gasteiger partial charge is 0.302 e. The van der Waals surface area contributed by atoms with E-state index >= 15 is 0 Å². The van der Waals surface area contributed by atoms with Crippen molar-refractivity contribution in [3.05, 3.63) is 0 Å². The van der Waals surface area contributed by atoms with Gasteiger partial charge in [-0.2, -0.15) is 0 Å². The Labute approximate surface area is 198 Å². The molecule has 4 fully saturated rings. The van der Waals surface area contributed by atoms with Crippen LogP contribution in [-0.2, 0) is 23.9 Å². The number of rotatable bonds is 3. The molecule has 0 aromatic heterocycles. The number of hydrogen-bond acceptors (Lipinski definition) is 5. The molecule has 0 bridgehead atoms. The Bertz CT molecular complexity index is 876. The number of fused-ring (bicyclic) bond motifs is 5. The summed E-state index contributed by atoms with van der Waals surface area (Å²) in [5, 5.41) is 0. The minimum Gasteiger partial charge on any atom is -0.462 e. The van der Waals surface area contributed by atoms with E-state index in [0.29, 0.717) is 18.8 Å². The van der Waals surface area contributed by atoms with Gasteiger partial charge in [0.15, 0.2) is 0 Å². The molecule has 9 atom stereocenters. The SMILES string of the molecule is CC(=O)O[C@H]1C[C@H]2[C@]3(C)CC[C@H]4C(C)(C)CCC[C@]4(C)[C@H]3CC(=O)[C@]2(C)[C@@H](C=O)[C@@H]1C(C)=O. The van der Waals surface area contributed by atoms with Crippen molar-refractivity contribution in [3.8, 4) is 0 Å². The van der Waals surface area contributed by atoms with Gasteiger partial charge in [-0.15, -0.1) is 0 Å². The molecule has 0 N–H and O–H groups in total. The topological polar surface area (TPSA) is 77.5 Å². The Morgan fingerprint density at radius 1 is 0.939 bits per heavy atom. The fraction of sp³-hybridized carbons (Fsp3) is 0.857. The van der Waals surface area contributed by atoms with Crippen LogP contribution in [0.15, 0.2) is 0 Å². The number of ketones is 2. The predicted octanol–water partition coefficient (Wildman–Crippen LogP) is 5.19. The summed E-state index contributed by atoms with van der Waals surface area (Å²) in [6, 6.07) is 0. The molecule has 0 spiro atoms. The van der Waals surface area contributed by atoms with Crippen molar-refractivity contribution in [1.82, 2.24) is 0 Å². The first-order chi connectivity index (χ1) is 15.2. The molecule has 33 heavy (non-hydrogen) atoms. The van der Waals surface area contributed by atoms with E-state index in [0.717, 1.165) is 25.5 Å². The van der Waals surface area contributed by atoms with Crippen LogP contribution in [0.25, 0.3) is 0 Å². The fourth-order valence-corrected chi connectivity index (χ4v) is 9.85. The second-order valence-corrected chi connectivity index (χ2v) is 13.1. The highest BCUT2D eigenvalue weighted by Gasteiger charge is 2.70. The summed E-state index contributed by atoms with van der Waals surface area (Å²) in [6.45, 7) is 14.3. The minimum absolute atomic E-state index is 0.0801. The van der Waals surface area contributed by atoms with E-state index in [2.05, 4.69) is 27.7 Å². The summed E-state index contributed by atoms with van der Waals surface area (Å²) in [7, 11) is 0. The Balaban J connectivity index is 1.83. The van der Waals surface area contributed by atoms with Crippen LogP contribution in [-0.4, -0.2) is 29.9 Å². The van der Waals surface area contributed by atoms with Crippen LogP contribution in [0, 0.1) is 51.2 Å². The zero-order valence-corrected chi connectivity index (χ0v) is 21.5. The van der Waals surface area contributed by atoms with Crippen molar-refractivity contribution >= 4 is 23.8 Å². The highest BCUT2D eigenvalue weighted by molar-refractivity contribution is 5.93. The first kappa shape index (κ1) is 24.6. The van der Waals surface area contributed by atoms with E-state index in [1.807, 2.05) is 6.92 Å². The largest absolute Gasteiger partial charge is 0.462 e. The third-order valence-electron chi connectivity index (χ3n) is 11.2. The van der Waals surface area contributed by atoms with Crippen LogP contribution >= 0.6 is 0 Å². The van der Waals surface area contributed by atoms with Gasteiger partial charge in [-0.05, 0) is 73.0 Å². The molecule has 0 aromatic carbocycles. The molecule has 184 valence electrons. The fourth-order valence-electron chi connectivity index (χ4n) is 9.85. The van der Waals surface area contributed by atoms with Gasteiger partial charge in [0.1, 0.15) is 24.0 Å². The van der Waals surface area contributed by atoms with Crippen molar-refractivity contribution in [2.24, 2.45) is 51.2 Å². The Morgan fingerprint density at radius 3 is 2.15 bits per heavy atom. The number of Topliss-reactive ketones (excluding diaryl/α,β-unsaturated/α-hetero) is 2.